The van der Waals surface area contributed by atoms with Crippen LogP contribution in [0.1, 0.15) is 6.42 Å². The molecule has 0 aliphatic rings. The van der Waals surface area contributed by atoms with Crippen LogP contribution < -0.4 is 15.8 Å². The molecule has 1 aromatic heterocycles. The summed E-state index contributed by atoms with van der Waals surface area (Å²) in [6, 6.07) is 6.98. The molecule has 68 valence electrons. The summed E-state index contributed by atoms with van der Waals surface area (Å²) in [7, 11) is 0. The highest BCUT2D eigenvalue weighted by molar-refractivity contribution is 5.66. The Morgan fingerprint density at radius 2 is 2.38 bits per heavy atom. The fraction of sp³-hybridized carbons (Fsp3) is 0.125. The van der Waals surface area contributed by atoms with E-state index in [4.69, 9.17) is 11.0 Å². The van der Waals surface area contributed by atoms with Crippen LogP contribution in [0.2, 0.25) is 0 Å². The number of nitrogens with one attached hydrogen (secondary N) is 1. The first-order valence-corrected chi connectivity index (χ1v) is 3.45. The number of carboxylic acids is 1. The van der Waals surface area contributed by atoms with E-state index >= 15 is 0 Å². The molecule has 0 saturated heterocycles. The number of aromatic amines is 1. The molecule has 0 amide bonds. The number of carbonyl (C=O) groups excluding carboxylic acids is 1. The van der Waals surface area contributed by atoms with Gasteiger partial charge in [0.25, 0.3) is 5.82 Å². The number of pyridine rings is 1. The molecule has 0 aliphatic carbocycles. The van der Waals surface area contributed by atoms with Crippen LogP contribution in [0.15, 0.2) is 24.4 Å². The number of aliphatic carboxylic acids is 1. The van der Waals surface area contributed by atoms with Gasteiger partial charge in [-0.05, 0) is 6.07 Å². The molecule has 0 atom stereocenters. The Labute approximate surface area is 75.4 Å². The Bertz CT molecular complexity index is 292. The van der Waals surface area contributed by atoms with E-state index in [0.717, 1.165) is 0 Å². The molecule has 0 unspecified atom stereocenters. The van der Waals surface area contributed by atoms with Crippen molar-refractivity contribution in [1.29, 1.82) is 5.26 Å². The molecule has 3 N–H and O–H groups in total. The summed E-state index contributed by atoms with van der Waals surface area (Å²) in [4.78, 5) is 12.1. The number of anilines is 1. The predicted octanol–water partition coefficient (Wildman–Crippen LogP) is -1.27. The quantitative estimate of drug-likeness (QED) is 0.580. The highest BCUT2D eigenvalue weighted by Gasteiger charge is 1.80. The molecule has 1 aromatic rings. The van der Waals surface area contributed by atoms with Gasteiger partial charge in [0.05, 0.1) is 24.7 Å². The predicted molar refractivity (Wildman–Crippen MR) is 42.6 cm³/mol. The largest absolute Gasteiger partial charge is 0.549 e. The number of rotatable bonds is 1. The molecule has 0 bridgehead atoms. The van der Waals surface area contributed by atoms with Gasteiger partial charge >= 0.3 is 0 Å². The highest BCUT2D eigenvalue weighted by Crippen LogP contribution is 1.83. The first kappa shape index (κ1) is 10.9. The van der Waals surface area contributed by atoms with Gasteiger partial charge in [-0.25, -0.2) is 4.98 Å². The van der Waals surface area contributed by atoms with E-state index in [0.29, 0.717) is 5.82 Å². The third-order valence-electron chi connectivity index (χ3n) is 0.957. The van der Waals surface area contributed by atoms with E-state index < -0.39 is 12.4 Å². The molecular weight excluding hydrogens is 170 g/mol. The molecule has 0 fully saturated rings. The molecule has 1 rings (SSSR count). The van der Waals surface area contributed by atoms with Crippen LogP contribution in [0.5, 0.6) is 0 Å². The summed E-state index contributed by atoms with van der Waals surface area (Å²) >= 11 is 0. The second-order valence-electron chi connectivity index (χ2n) is 2.02. The summed E-state index contributed by atoms with van der Waals surface area (Å²) in [5.41, 5.74) is 5.30. The number of H-pyrrole nitrogens is 1. The minimum absolute atomic E-state index is 0.514. The lowest BCUT2D eigenvalue weighted by atomic mass is 10.5. The SMILES string of the molecule is N#CCC(=O)[O-].Nc1cccc[nH+]1. The number of carboxylic acid groups (broad SMARTS) is 1. The third-order valence-corrected chi connectivity index (χ3v) is 0.957. The Kier molecular flexibility index (Phi) is 5.55. The summed E-state index contributed by atoms with van der Waals surface area (Å²) in [5.74, 6) is -0.625. The smallest absolute Gasteiger partial charge is 0.269 e. The minimum atomic E-state index is -1.32. The Morgan fingerprint density at radius 1 is 1.69 bits per heavy atom. The molecular formula is C8H9N3O2. The first-order chi connectivity index (χ1) is 6.16. The summed E-state index contributed by atoms with van der Waals surface area (Å²) in [6.07, 6.45) is 1.27. The fourth-order valence-corrected chi connectivity index (χ4v) is 0.472. The van der Waals surface area contributed by atoms with Crippen LogP contribution >= 0.6 is 0 Å². The molecule has 0 saturated carbocycles. The van der Waals surface area contributed by atoms with E-state index in [-0.39, 0.29) is 0 Å². The Balaban J connectivity index is 0.000000226. The molecule has 0 spiro atoms. The standard InChI is InChI=1S/C5H6N2.C3H3NO2/c6-5-3-1-2-4-7-5;4-2-1-3(5)6/h1-4H,(H2,6,7);1H2,(H,5,6). The second kappa shape index (κ2) is 6.61. The fourth-order valence-electron chi connectivity index (χ4n) is 0.472. The summed E-state index contributed by atoms with van der Waals surface area (Å²) in [5, 5.41) is 16.8. The second-order valence-corrected chi connectivity index (χ2v) is 2.02. The number of hydrogen-bond acceptors (Lipinski definition) is 4. The van der Waals surface area contributed by atoms with E-state index in [1.54, 1.807) is 12.3 Å². The number of nitriles is 1. The topological polar surface area (TPSA) is 104 Å². The zero-order valence-corrected chi connectivity index (χ0v) is 6.86. The van der Waals surface area contributed by atoms with Crippen LogP contribution in [-0.4, -0.2) is 5.97 Å². The van der Waals surface area contributed by atoms with Gasteiger partial charge in [0.2, 0.25) is 0 Å². The number of nitrogen functional groups attached to an aromatic ring is 1. The van der Waals surface area contributed by atoms with Crippen LogP contribution in [0.3, 0.4) is 0 Å². The molecule has 0 aromatic carbocycles. The van der Waals surface area contributed by atoms with Crippen molar-refractivity contribution < 1.29 is 14.9 Å². The number of hydrogen-bond donors (Lipinski definition) is 1. The third kappa shape index (κ3) is 7.81. The average Bonchev–Trinajstić information content (AvgIpc) is 2.06. The van der Waals surface area contributed by atoms with Gasteiger partial charge in [-0.3, -0.25) is 5.73 Å². The summed E-state index contributed by atoms with van der Waals surface area (Å²) < 4.78 is 0. The Morgan fingerprint density at radius 3 is 2.54 bits per heavy atom. The van der Waals surface area contributed by atoms with Crippen LogP contribution in [0.25, 0.3) is 0 Å². The molecule has 5 nitrogen and oxygen atoms in total. The van der Waals surface area contributed by atoms with Crippen LogP contribution in [0, 0.1) is 11.3 Å². The van der Waals surface area contributed by atoms with Gasteiger partial charge in [0, 0.05) is 6.07 Å². The average molecular weight is 179 g/mol. The lowest BCUT2D eigenvalue weighted by Crippen LogP contribution is -2.20. The molecule has 0 aliphatic heterocycles. The van der Waals surface area contributed by atoms with Crippen LogP contribution in [-0.2, 0) is 4.79 Å². The molecule has 13 heavy (non-hydrogen) atoms. The zero-order valence-electron chi connectivity index (χ0n) is 6.86. The van der Waals surface area contributed by atoms with Crippen molar-refractivity contribution in [3.05, 3.63) is 24.4 Å². The minimum Gasteiger partial charge on any atom is -0.549 e. The highest BCUT2D eigenvalue weighted by atomic mass is 16.4. The van der Waals surface area contributed by atoms with Crippen LogP contribution in [0.4, 0.5) is 5.82 Å². The maximum absolute atomic E-state index is 9.27. The number of carbonyl (C=O) groups is 1. The van der Waals surface area contributed by atoms with Crippen molar-refractivity contribution in [2.24, 2.45) is 0 Å². The van der Waals surface area contributed by atoms with Crippen molar-refractivity contribution in [2.45, 2.75) is 6.42 Å². The van der Waals surface area contributed by atoms with Gasteiger partial charge in [-0.2, -0.15) is 5.26 Å². The lowest BCUT2D eigenvalue weighted by molar-refractivity contribution is -0.360. The van der Waals surface area contributed by atoms with Gasteiger partial charge in [-0.15, -0.1) is 0 Å². The van der Waals surface area contributed by atoms with Crippen molar-refractivity contribution in [3.63, 3.8) is 0 Å². The Hall–Kier alpha value is -2.09. The molecule has 0 radical (unpaired) electrons. The zero-order chi connectivity index (χ0) is 10.1. The lowest BCUT2D eigenvalue weighted by Gasteiger charge is -1.85. The van der Waals surface area contributed by atoms with E-state index in [1.807, 2.05) is 12.1 Å². The van der Waals surface area contributed by atoms with Gasteiger partial charge in [0.15, 0.2) is 0 Å². The van der Waals surface area contributed by atoms with E-state index in [2.05, 4.69) is 4.98 Å². The van der Waals surface area contributed by atoms with E-state index in [1.165, 1.54) is 6.07 Å². The summed E-state index contributed by atoms with van der Waals surface area (Å²) in [6.45, 7) is 0. The van der Waals surface area contributed by atoms with Crippen molar-refractivity contribution in [3.8, 4) is 6.07 Å². The first-order valence-electron chi connectivity index (χ1n) is 3.45. The maximum Gasteiger partial charge on any atom is 0.269 e. The van der Waals surface area contributed by atoms with E-state index in [9.17, 15) is 9.90 Å². The monoisotopic (exact) mass is 179 g/mol. The van der Waals surface area contributed by atoms with Gasteiger partial charge < -0.3 is 9.90 Å². The number of aromatic nitrogens is 1. The van der Waals surface area contributed by atoms with Crippen molar-refractivity contribution in [2.75, 3.05) is 5.73 Å². The maximum atomic E-state index is 9.27. The van der Waals surface area contributed by atoms with Crippen molar-refractivity contribution >= 4 is 11.8 Å². The van der Waals surface area contributed by atoms with Gasteiger partial charge in [-0.1, -0.05) is 6.07 Å². The molecule has 5 heteroatoms. The normalized spacial score (nSPS) is 7.62. The number of nitrogens with two attached hydrogens (primary N) is 1. The number of nitrogens with zero attached hydrogens (tertiary/aromatic N) is 1. The van der Waals surface area contributed by atoms with Gasteiger partial charge in [0.1, 0.15) is 0 Å². The molecule has 1 heterocycles. The van der Waals surface area contributed by atoms with Crippen molar-refractivity contribution in [1.82, 2.24) is 0 Å².